The maximum atomic E-state index is 14.7. The zero-order valence-corrected chi connectivity index (χ0v) is 14.8. The molecule has 144 valence electrons. The lowest BCUT2D eigenvalue weighted by atomic mass is 10.2. The number of cyclic esters (lactones) is 1. The second kappa shape index (κ2) is 6.37. The first-order valence-corrected chi connectivity index (χ1v) is 9.06. The highest BCUT2D eigenvalue weighted by Crippen LogP contribution is 2.52. The average molecular weight is 384 g/mol. The summed E-state index contributed by atoms with van der Waals surface area (Å²) in [4.78, 5) is 19.4. The van der Waals surface area contributed by atoms with Crippen molar-refractivity contribution in [3.05, 3.63) is 30.4 Å². The molecule has 1 unspecified atom stereocenters. The van der Waals surface area contributed by atoms with E-state index in [0.717, 1.165) is 0 Å². The first-order valence-electron chi connectivity index (χ1n) is 9.06. The summed E-state index contributed by atoms with van der Waals surface area (Å²) in [5.74, 6) is 0.756. The van der Waals surface area contributed by atoms with E-state index in [2.05, 4.69) is 26.0 Å². The van der Waals surface area contributed by atoms with Gasteiger partial charge in [0, 0.05) is 13.1 Å². The topological polar surface area (TPSA) is 108 Å². The number of carbonyl (C=O) groups excluding carboxylic acids is 1. The summed E-state index contributed by atoms with van der Waals surface area (Å²) in [7, 11) is 0. The number of piperidine rings is 1. The van der Waals surface area contributed by atoms with E-state index in [-0.39, 0.29) is 11.7 Å². The van der Waals surface area contributed by atoms with Crippen molar-refractivity contribution in [3.8, 4) is 6.07 Å². The zero-order valence-electron chi connectivity index (χ0n) is 14.8. The van der Waals surface area contributed by atoms with E-state index in [9.17, 15) is 9.18 Å². The lowest BCUT2D eigenvalue weighted by Gasteiger charge is -2.23. The average Bonchev–Trinajstić information content (AvgIpc) is 3.16. The van der Waals surface area contributed by atoms with E-state index in [1.165, 1.54) is 17.4 Å². The fraction of sp³-hybridized carbons (Fsp3) is 0.444. The number of hydrogen-bond donors (Lipinski definition) is 1. The molecule has 2 aliphatic heterocycles. The molecule has 2 saturated heterocycles. The van der Waals surface area contributed by atoms with Crippen molar-refractivity contribution in [1.29, 1.82) is 5.26 Å². The summed E-state index contributed by atoms with van der Waals surface area (Å²) in [5.41, 5.74) is 0.961. The van der Waals surface area contributed by atoms with Crippen LogP contribution >= 0.6 is 0 Å². The van der Waals surface area contributed by atoms with Crippen LogP contribution in [0.15, 0.2) is 29.1 Å². The summed E-state index contributed by atoms with van der Waals surface area (Å²) in [6, 6.07) is 7.08. The predicted octanol–water partition coefficient (Wildman–Crippen LogP) is 1.85. The third kappa shape index (κ3) is 2.79. The van der Waals surface area contributed by atoms with Crippen molar-refractivity contribution < 1.29 is 18.4 Å². The second-order valence-corrected chi connectivity index (χ2v) is 7.28. The molecule has 5 rings (SSSR count). The number of ether oxygens (including phenoxy) is 1. The molecule has 1 aromatic carbocycles. The number of nitrogens with zero attached hydrogens (tertiary/aromatic N) is 5. The van der Waals surface area contributed by atoms with Gasteiger partial charge in [-0.25, -0.2) is 9.18 Å². The Kier molecular flexibility index (Phi) is 3.82. The van der Waals surface area contributed by atoms with Crippen molar-refractivity contribution in [3.63, 3.8) is 0 Å². The number of amides is 1. The molecule has 0 bridgehead atoms. The van der Waals surface area contributed by atoms with Gasteiger partial charge in [0.15, 0.2) is 0 Å². The molecule has 0 spiro atoms. The van der Waals surface area contributed by atoms with E-state index >= 15 is 0 Å². The molecule has 28 heavy (non-hydrogen) atoms. The SMILES string of the molecule is N#CC1[C@H]2CN(c3ccc(N4C[C@H](CNc5ncon5)OC4=O)cc3F)C[C@@H]12. The number of nitriles is 1. The lowest BCUT2D eigenvalue weighted by molar-refractivity contribution is 0.147. The Hall–Kier alpha value is -3.35. The van der Waals surface area contributed by atoms with Crippen LogP contribution in [-0.2, 0) is 4.74 Å². The van der Waals surface area contributed by atoms with Gasteiger partial charge in [-0.05, 0) is 35.2 Å². The number of nitrogens with one attached hydrogen (secondary N) is 1. The van der Waals surface area contributed by atoms with Crippen LogP contribution in [0.25, 0.3) is 0 Å². The fourth-order valence-electron chi connectivity index (χ4n) is 4.13. The highest BCUT2D eigenvalue weighted by molar-refractivity contribution is 5.90. The van der Waals surface area contributed by atoms with Gasteiger partial charge in [0.2, 0.25) is 6.39 Å². The number of rotatable bonds is 5. The summed E-state index contributed by atoms with van der Waals surface area (Å²) in [6.07, 6.45) is 0.262. The third-order valence-corrected chi connectivity index (χ3v) is 5.65. The normalized spacial score (nSPS) is 28.1. The maximum absolute atomic E-state index is 14.7. The molecular weight excluding hydrogens is 367 g/mol. The van der Waals surface area contributed by atoms with Gasteiger partial charge in [0.25, 0.3) is 5.95 Å². The molecule has 3 heterocycles. The van der Waals surface area contributed by atoms with E-state index < -0.39 is 12.2 Å². The molecule has 1 aliphatic carbocycles. The molecule has 3 aliphatic rings. The van der Waals surface area contributed by atoms with Crippen LogP contribution in [0.4, 0.5) is 26.5 Å². The Balaban J connectivity index is 1.23. The summed E-state index contributed by atoms with van der Waals surface area (Å²) >= 11 is 0. The molecule has 9 nitrogen and oxygen atoms in total. The van der Waals surface area contributed by atoms with Gasteiger partial charge in [-0.3, -0.25) is 4.90 Å². The Morgan fingerprint density at radius 2 is 2.14 bits per heavy atom. The lowest BCUT2D eigenvalue weighted by Crippen LogP contribution is -2.28. The van der Waals surface area contributed by atoms with Crippen molar-refractivity contribution in [2.45, 2.75) is 6.10 Å². The van der Waals surface area contributed by atoms with Crippen molar-refractivity contribution in [2.24, 2.45) is 17.8 Å². The number of halogens is 1. The van der Waals surface area contributed by atoms with E-state index in [1.807, 2.05) is 4.90 Å². The third-order valence-electron chi connectivity index (χ3n) is 5.65. The van der Waals surface area contributed by atoms with Crippen LogP contribution in [0.3, 0.4) is 0 Å². The monoisotopic (exact) mass is 384 g/mol. The molecule has 10 heteroatoms. The van der Waals surface area contributed by atoms with Crippen LogP contribution in [0.1, 0.15) is 0 Å². The zero-order chi connectivity index (χ0) is 19.3. The fourth-order valence-corrected chi connectivity index (χ4v) is 4.13. The van der Waals surface area contributed by atoms with Gasteiger partial charge < -0.3 is 19.5 Å². The molecule has 1 saturated carbocycles. The Labute approximate surface area is 159 Å². The molecule has 1 aromatic heterocycles. The van der Waals surface area contributed by atoms with Gasteiger partial charge in [0.05, 0.1) is 36.5 Å². The molecule has 2 aromatic rings. The number of benzene rings is 1. The number of fused-ring (bicyclic) bond motifs is 1. The highest BCUT2D eigenvalue weighted by Gasteiger charge is 2.56. The van der Waals surface area contributed by atoms with E-state index in [0.29, 0.717) is 55.3 Å². The van der Waals surface area contributed by atoms with Crippen LogP contribution in [0.2, 0.25) is 0 Å². The van der Waals surface area contributed by atoms with E-state index in [4.69, 9.17) is 10.00 Å². The molecule has 3 fully saturated rings. The van der Waals surface area contributed by atoms with Crippen LogP contribution in [0.5, 0.6) is 0 Å². The maximum Gasteiger partial charge on any atom is 0.414 e. The van der Waals surface area contributed by atoms with Gasteiger partial charge in [-0.15, -0.1) is 0 Å². The summed E-state index contributed by atoms with van der Waals surface area (Å²) in [6.45, 7) is 2.02. The summed E-state index contributed by atoms with van der Waals surface area (Å²) < 4.78 is 24.7. The van der Waals surface area contributed by atoms with Crippen molar-refractivity contribution in [1.82, 2.24) is 10.1 Å². The molecule has 1 amide bonds. The smallest absolute Gasteiger partial charge is 0.414 e. The number of anilines is 3. The predicted molar refractivity (Wildman–Crippen MR) is 95.1 cm³/mol. The van der Waals surface area contributed by atoms with Crippen LogP contribution in [0, 0.1) is 34.9 Å². The molecule has 0 radical (unpaired) electrons. The highest BCUT2D eigenvalue weighted by atomic mass is 19.1. The summed E-state index contributed by atoms with van der Waals surface area (Å²) in [5, 5.41) is 15.5. The van der Waals surface area contributed by atoms with Gasteiger partial charge >= 0.3 is 6.09 Å². The standard InChI is InChI=1S/C18H17FN6O3/c19-15-3-10(1-2-16(15)24-7-13-12(4-20)14(13)8-24)25-6-11(28-18(25)26)5-21-17-22-9-27-23-17/h1-3,9,11-14H,5-8H2,(H,21,23)/t11-,12?,13-,14+/m0/s1. The van der Waals surface area contributed by atoms with Crippen molar-refractivity contribution >= 4 is 23.4 Å². The van der Waals surface area contributed by atoms with Crippen LogP contribution in [-0.4, -0.2) is 48.5 Å². The Morgan fingerprint density at radius 3 is 2.82 bits per heavy atom. The van der Waals surface area contributed by atoms with Gasteiger partial charge in [0.1, 0.15) is 11.9 Å². The molecular formula is C18H17FN6O3. The largest absolute Gasteiger partial charge is 0.442 e. The quantitative estimate of drug-likeness (QED) is 0.832. The Morgan fingerprint density at radius 1 is 1.32 bits per heavy atom. The minimum Gasteiger partial charge on any atom is -0.442 e. The second-order valence-electron chi connectivity index (χ2n) is 7.28. The minimum atomic E-state index is -0.522. The van der Waals surface area contributed by atoms with Crippen molar-refractivity contribution in [2.75, 3.05) is 41.3 Å². The molecule has 1 N–H and O–H groups in total. The first-order chi connectivity index (χ1) is 13.6. The minimum absolute atomic E-state index is 0.121. The van der Waals surface area contributed by atoms with E-state index in [1.54, 1.807) is 12.1 Å². The van der Waals surface area contributed by atoms with Gasteiger partial charge in [-0.2, -0.15) is 10.2 Å². The number of carbonyl (C=O) groups is 1. The molecule has 4 atom stereocenters. The van der Waals surface area contributed by atoms with Crippen LogP contribution < -0.4 is 15.1 Å². The number of aromatic nitrogens is 2. The first kappa shape index (κ1) is 16.8. The van der Waals surface area contributed by atoms with Gasteiger partial charge in [-0.1, -0.05) is 0 Å². The Bertz CT molecular complexity index is 933. The number of hydrogen-bond acceptors (Lipinski definition) is 8.